The Kier molecular flexibility index (Phi) is 6.44. The zero-order chi connectivity index (χ0) is 19.9. The van der Waals surface area contributed by atoms with Crippen LogP contribution in [-0.2, 0) is 11.0 Å². The summed E-state index contributed by atoms with van der Waals surface area (Å²) in [5, 5.41) is 11.0. The Morgan fingerprint density at radius 1 is 1.19 bits per heavy atom. The summed E-state index contributed by atoms with van der Waals surface area (Å²) >= 11 is 0. The second kappa shape index (κ2) is 8.76. The Morgan fingerprint density at radius 2 is 1.89 bits per heavy atom. The van der Waals surface area contributed by atoms with Gasteiger partial charge < -0.3 is 14.8 Å². The van der Waals surface area contributed by atoms with Crippen molar-refractivity contribution in [3.63, 3.8) is 0 Å². The van der Waals surface area contributed by atoms with Crippen molar-refractivity contribution < 1.29 is 27.4 Å². The van der Waals surface area contributed by atoms with E-state index >= 15 is 0 Å². The molecule has 2 aromatic carbocycles. The van der Waals surface area contributed by atoms with Crippen molar-refractivity contribution in [2.24, 2.45) is 0 Å². The molecule has 0 heterocycles. The molecule has 0 spiro atoms. The van der Waals surface area contributed by atoms with E-state index < -0.39 is 17.6 Å². The summed E-state index contributed by atoms with van der Waals surface area (Å²) in [7, 11) is 1.44. The Balaban J connectivity index is 2.03. The first-order chi connectivity index (χ1) is 12.8. The highest BCUT2D eigenvalue weighted by molar-refractivity contribution is 6.01. The maximum absolute atomic E-state index is 12.5. The summed E-state index contributed by atoms with van der Waals surface area (Å²) in [6, 6.07) is 10.9. The zero-order valence-electron chi connectivity index (χ0n) is 14.2. The number of nitrogens with zero attached hydrogens (tertiary/aromatic N) is 1. The highest BCUT2D eigenvalue weighted by Gasteiger charge is 2.29. The van der Waals surface area contributed by atoms with Gasteiger partial charge in [0.2, 0.25) is 5.91 Å². The first-order valence-electron chi connectivity index (χ1n) is 7.67. The molecule has 0 atom stereocenters. The molecule has 0 unspecified atom stereocenters. The van der Waals surface area contributed by atoms with E-state index in [1.165, 1.54) is 31.4 Å². The van der Waals surface area contributed by atoms with Crippen molar-refractivity contribution in [3.8, 4) is 17.6 Å². The highest BCUT2D eigenvalue weighted by atomic mass is 19.4. The van der Waals surface area contributed by atoms with Gasteiger partial charge in [-0.05, 0) is 48.0 Å². The van der Waals surface area contributed by atoms with Gasteiger partial charge in [0.05, 0.1) is 12.7 Å². The van der Waals surface area contributed by atoms with Crippen molar-refractivity contribution in [1.29, 1.82) is 5.26 Å². The first kappa shape index (κ1) is 19.8. The number of carbonyl (C=O) groups excluding carboxylic acids is 1. The maximum Gasteiger partial charge on any atom is 0.416 e. The molecule has 1 amide bonds. The van der Waals surface area contributed by atoms with E-state index in [1.807, 2.05) is 6.07 Å². The van der Waals surface area contributed by atoms with E-state index in [9.17, 15) is 18.0 Å². The average molecular weight is 376 g/mol. The number of benzene rings is 2. The van der Waals surface area contributed by atoms with Crippen LogP contribution >= 0.6 is 0 Å². The smallest absolute Gasteiger partial charge is 0.416 e. The zero-order valence-corrected chi connectivity index (χ0v) is 14.2. The van der Waals surface area contributed by atoms with Crippen molar-refractivity contribution in [3.05, 3.63) is 59.7 Å². The average Bonchev–Trinajstić information content (AvgIpc) is 2.64. The van der Waals surface area contributed by atoms with Crippen LogP contribution in [0, 0.1) is 11.3 Å². The van der Waals surface area contributed by atoms with Gasteiger partial charge in [-0.2, -0.15) is 18.4 Å². The number of methoxy groups -OCH3 is 1. The molecule has 0 aliphatic heterocycles. The fraction of sp³-hybridized carbons (Fsp3) is 0.158. The van der Waals surface area contributed by atoms with Gasteiger partial charge in [-0.3, -0.25) is 4.79 Å². The number of carbonyl (C=O) groups is 1. The minimum absolute atomic E-state index is 0.124. The molecule has 2 rings (SSSR count). The number of anilines is 1. The van der Waals surface area contributed by atoms with Gasteiger partial charge in [-0.1, -0.05) is 6.07 Å². The predicted molar refractivity (Wildman–Crippen MR) is 93.2 cm³/mol. The summed E-state index contributed by atoms with van der Waals surface area (Å²) in [4.78, 5) is 11.9. The number of alkyl halides is 3. The standard InChI is InChI=1S/C19H15F3N2O3/c1-26-17-12-13(2-8-16(17)27-11-10-23)3-9-18(25)24-15-6-4-14(5-7-15)19(20,21)22/h2-9,12H,11H2,1H3,(H,24,25)/b9-3+. The number of ether oxygens (including phenoxy) is 2. The molecule has 0 aliphatic rings. The summed E-state index contributed by atoms with van der Waals surface area (Å²) in [5.41, 5.74) is 0.0936. The summed E-state index contributed by atoms with van der Waals surface area (Å²) < 4.78 is 47.9. The van der Waals surface area contributed by atoms with Crippen LogP contribution in [0.25, 0.3) is 6.08 Å². The molecular formula is C19H15F3N2O3. The number of nitriles is 1. The molecule has 0 fully saturated rings. The third-order valence-corrected chi connectivity index (χ3v) is 3.39. The van der Waals surface area contributed by atoms with Gasteiger partial charge in [-0.25, -0.2) is 0 Å². The Hall–Kier alpha value is -3.47. The van der Waals surface area contributed by atoms with Crippen LogP contribution in [0.5, 0.6) is 11.5 Å². The third kappa shape index (κ3) is 5.78. The Labute approximate surface area is 153 Å². The number of hydrogen-bond acceptors (Lipinski definition) is 4. The molecule has 0 aromatic heterocycles. The highest BCUT2D eigenvalue weighted by Crippen LogP contribution is 2.30. The molecule has 0 saturated carbocycles. The predicted octanol–water partition coefficient (Wildman–Crippen LogP) is 4.27. The Bertz CT molecular complexity index is 869. The van der Waals surface area contributed by atoms with Crippen LogP contribution < -0.4 is 14.8 Å². The van der Waals surface area contributed by atoms with Crippen LogP contribution in [0.15, 0.2) is 48.5 Å². The molecule has 0 saturated heterocycles. The molecule has 0 radical (unpaired) electrons. The normalized spacial score (nSPS) is 11.1. The van der Waals surface area contributed by atoms with Crippen molar-refractivity contribution in [1.82, 2.24) is 0 Å². The van der Waals surface area contributed by atoms with Crippen LogP contribution in [0.2, 0.25) is 0 Å². The quantitative estimate of drug-likeness (QED) is 0.765. The van der Waals surface area contributed by atoms with Crippen LogP contribution in [-0.4, -0.2) is 19.6 Å². The van der Waals surface area contributed by atoms with Crippen molar-refractivity contribution >= 4 is 17.7 Å². The third-order valence-electron chi connectivity index (χ3n) is 3.39. The van der Waals surface area contributed by atoms with Crippen LogP contribution in [0.1, 0.15) is 11.1 Å². The number of halogens is 3. The first-order valence-corrected chi connectivity index (χ1v) is 7.67. The van der Waals surface area contributed by atoms with Gasteiger partial charge in [0, 0.05) is 11.8 Å². The topological polar surface area (TPSA) is 71.3 Å². The van der Waals surface area contributed by atoms with Crippen molar-refractivity contribution in [2.75, 3.05) is 19.0 Å². The lowest BCUT2D eigenvalue weighted by Crippen LogP contribution is -2.09. The molecule has 5 nitrogen and oxygen atoms in total. The molecule has 1 N–H and O–H groups in total. The monoisotopic (exact) mass is 376 g/mol. The number of amides is 1. The lowest BCUT2D eigenvalue weighted by atomic mass is 10.2. The summed E-state index contributed by atoms with van der Waals surface area (Å²) in [5.74, 6) is 0.291. The van der Waals surface area contributed by atoms with E-state index in [0.717, 1.165) is 12.1 Å². The fourth-order valence-corrected chi connectivity index (χ4v) is 2.12. The summed E-state index contributed by atoms with van der Waals surface area (Å²) in [6.45, 7) is -0.124. The number of hydrogen-bond donors (Lipinski definition) is 1. The number of nitrogens with one attached hydrogen (secondary N) is 1. The lowest BCUT2D eigenvalue weighted by Gasteiger charge is -2.09. The molecule has 8 heteroatoms. The Morgan fingerprint density at radius 3 is 2.48 bits per heavy atom. The lowest BCUT2D eigenvalue weighted by molar-refractivity contribution is -0.137. The van der Waals surface area contributed by atoms with Gasteiger partial charge in [0.1, 0.15) is 6.07 Å². The molecule has 140 valence electrons. The molecule has 0 bridgehead atoms. The van der Waals surface area contributed by atoms with E-state index in [0.29, 0.717) is 17.1 Å². The fourth-order valence-electron chi connectivity index (χ4n) is 2.12. The SMILES string of the molecule is COc1cc(/C=C/C(=O)Nc2ccc(C(F)(F)F)cc2)ccc1OCC#N. The molecule has 0 aliphatic carbocycles. The van der Waals surface area contributed by atoms with Gasteiger partial charge >= 0.3 is 6.18 Å². The van der Waals surface area contributed by atoms with Crippen molar-refractivity contribution in [2.45, 2.75) is 6.18 Å². The van der Waals surface area contributed by atoms with Gasteiger partial charge in [-0.15, -0.1) is 0 Å². The maximum atomic E-state index is 12.5. The minimum Gasteiger partial charge on any atom is -0.493 e. The van der Waals surface area contributed by atoms with E-state index in [2.05, 4.69) is 5.32 Å². The molecule has 27 heavy (non-hydrogen) atoms. The second-order valence-corrected chi connectivity index (χ2v) is 5.25. The second-order valence-electron chi connectivity index (χ2n) is 5.25. The van der Waals surface area contributed by atoms with E-state index in [4.69, 9.17) is 14.7 Å². The van der Waals surface area contributed by atoms with E-state index in [-0.39, 0.29) is 12.3 Å². The van der Waals surface area contributed by atoms with Gasteiger partial charge in [0.25, 0.3) is 0 Å². The van der Waals surface area contributed by atoms with Crippen LogP contribution in [0.4, 0.5) is 18.9 Å². The minimum atomic E-state index is -4.43. The van der Waals surface area contributed by atoms with Crippen LogP contribution in [0.3, 0.4) is 0 Å². The molecule has 2 aromatic rings. The van der Waals surface area contributed by atoms with Gasteiger partial charge in [0.15, 0.2) is 18.1 Å². The number of rotatable bonds is 6. The largest absolute Gasteiger partial charge is 0.493 e. The molecular weight excluding hydrogens is 361 g/mol. The summed E-state index contributed by atoms with van der Waals surface area (Å²) in [6.07, 6.45) is -1.68. The van der Waals surface area contributed by atoms with E-state index in [1.54, 1.807) is 18.2 Å².